The van der Waals surface area contributed by atoms with Crippen molar-refractivity contribution in [2.75, 3.05) is 0 Å². The highest BCUT2D eigenvalue weighted by atomic mass is 35.5. The number of hydrogen-bond acceptors (Lipinski definition) is 1. The zero-order chi connectivity index (χ0) is 13.3. The molecule has 1 nitrogen and oxygen atoms in total. The predicted octanol–water partition coefficient (Wildman–Crippen LogP) is 5.19. The average molecular weight is 300 g/mol. The van der Waals surface area contributed by atoms with Gasteiger partial charge < -0.3 is 0 Å². The van der Waals surface area contributed by atoms with Gasteiger partial charge in [0, 0.05) is 10.6 Å². The molecule has 0 saturated carbocycles. The van der Waals surface area contributed by atoms with Gasteiger partial charge >= 0.3 is 0 Å². The van der Waals surface area contributed by atoms with Crippen LogP contribution < -0.4 is 0 Å². The molecule has 0 fully saturated rings. The van der Waals surface area contributed by atoms with Crippen molar-refractivity contribution in [2.45, 2.75) is 6.92 Å². The maximum Gasteiger partial charge on any atom is 0.196 e. The Balaban J connectivity index is 2.58. The Morgan fingerprint density at radius 3 is 2.22 bits per heavy atom. The molecule has 0 atom stereocenters. The van der Waals surface area contributed by atoms with Crippen LogP contribution in [0.4, 0.5) is 0 Å². The lowest BCUT2D eigenvalue weighted by Crippen LogP contribution is -2.05. The van der Waals surface area contributed by atoms with E-state index in [1.54, 1.807) is 36.4 Å². The van der Waals surface area contributed by atoms with Crippen LogP contribution in [-0.2, 0) is 0 Å². The van der Waals surface area contributed by atoms with Crippen LogP contribution in [0, 0.1) is 6.92 Å². The SMILES string of the molecule is Cc1ccc(Cl)cc1C(=O)c1c(Cl)cccc1Cl. The number of carbonyl (C=O) groups excluding carboxylic acids is 1. The predicted molar refractivity (Wildman–Crippen MR) is 76.1 cm³/mol. The van der Waals surface area contributed by atoms with Gasteiger partial charge in [-0.3, -0.25) is 4.79 Å². The van der Waals surface area contributed by atoms with Gasteiger partial charge in [0.2, 0.25) is 0 Å². The van der Waals surface area contributed by atoms with Crippen LogP contribution in [0.1, 0.15) is 21.5 Å². The second-order valence-electron chi connectivity index (χ2n) is 3.89. The van der Waals surface area contributed by atoms with E-state index in [1.807, 2.05) is 6.92 Å². The molecule has 92 valence electrons. The van der Waals surface area contributed by atoms with Crippen molar-refractivity contribution in [2.24, 2.45) is 0 Å². The third-order valence-corrected chi connectivity index (χ3v) is 3.50. The largest absolute Gasteiger partial charge is 0.288 e. The topological polar surface area (TPSA) is 17.1 Å². The summed E-state index contributed by atoms with van der Waals surface area (Å²) in [5.41, 5.74) is 1.66. The highest BCUT2D eigenvalue weighted by molar-refractivity contribution is 6.41. The average Bonchev–Trinajstić information content (AvgIpc) is 2.32. The number of rotatable bonds is 2. The van der Waals surface area contributed by atoms with Gasteiger partial charge in [-0.1, -0.05) is 46.9 Å². The van der Waals surface area contributed by atoms with Gasteiger partial charge in [0.05, 0.1) is 15.6 Å². The molecule has 0 N–H and O–H groups in total. The Labute approximate surface area is 120 Å². The van der Waals surface area contributed by atoms with Gasteiger partial charge in [-0.05, 0) is 36.8 Å². The van der Waals surface area contributed by atoms with Crippen molar-refractivity contribution >= 4 is 40.6 Å². The van der Waals surface area contributed by atoms with Crippen molar-refractivity contribution in [3.63, 3.8) is 0 Å². The van der Waals surface area contributed by atoms with Crippen LogP contribution >= 0.6 is 34.8 Å². The van der Waals surface area contributed by atoms with E-state index in [2.05, 4.69) is 0 Å². The van der Waals surface area contributed by atoms with E-state index in [9.17, 15) is 4.79 Å². The van der Waals surface area contributed by atoms with Crippen LogP contribution in [0.15, 0.2) is 36.4 Å². The van der Waals surface area contributed by atoms with Crippen LogP contribution in [-0.4, -0.2) is 5.78 Å². The molecular formula is C14H9Cl3O. The zero-order valence-electron chi connectivity index (χ0n) is 9.51. The molecule has 2 rings (SSSR count). The summed E-state index contributed by atoms with van der Waals surface area (Å²) in [7, 11) is 0. The van der Waals surface area contributed by atoms with E-state index in [-0.39, 0.29) is 5.78 Å². The Hall–Kier alpha value is -1.02. The normalized spacial score (nSPS) is 10.4. The first kappa shape index (κ1) is 13.4. The van der Waals surface area contributed by atoms with Gasteiger partial charge in [-0.25, -0.2) is 0 Å². The molecule has 0 unspecified atom stereocenters. The summed E-state index contributed by atoms with van der Waals surface area (Å²) in [6, 6.07) is 10.1. The minimum atomic E-state index is -0.217. The summed E-state index contributed by atoms with van der Waals surface area (Å²) in [6.45, 7) is 1.84. The molecule has 18 heavy (non-hydrogen) atoms. The summed E-state index contributed by atoms with van der Waals surface area (Å²) in [5, 5.41) is 1.19. The Morgan fingerprint density at radius 2 is 1.61 bits per heavy atom. The number of hydrogen-bond donors (Lipinski definition) is 0. The molecular weight excluding hydrogens is 291 g/mol. The van der Waals surface area contributed by atoms with Crippen molar-refractivity contribution in [3.05, 3.63) is 68.2 Å². The summed E-state index contributed by atoms with van der Waals surface area (Å²) in [6.07, 6.45) is 0. The van der Waals surface area contributed by atoms with Crippen molar-refractivity contribution in [1.29, 1.82) is 0 Å². The Morgan fingerprint density at radius 1 is 1.00 bits per heavy atom. The Kier molecular flexibility index (Phi) is 3.96. The van der Waals surface area contributed by atoms with Gasteiger partial charge in [0.15, 0.2) is 5.78 Å². The number of benzene rings is 2. The van der Waals surface area contributed by atoms with Crippen LogP contribution in [0.5, 0.6) is 0 Å². The molecule has 0 heterocycles. The molecule has 0 bridgehead atoms. The standard InChI is InChI=1S/C14H9Cl3O/c1-8-5-6-9(15)7-10(8)14(18)13-11(16)3-2-4-12(13)17/h2-7H,1H3. The molecule has 0 aliphatic carbocycles. The fraction of sp³-hybridized carbons (Fsp3) is 0.0714. The summed E-state index contributed by atoms with van der Waals surface area (Å²) < 4.78 is 0. The van der Waals surface area contributed by atoms with Crippen LogP contribution in [0.25, 0.3) is 0 Å². The minimum Gasteiger partial charge on any atom is -0.288 e. The van der Waals surface area contributed by atoms with Gasteiger partial charge in [-0.2, -0.15) is 0 Å². The van der Waals surface area contributed by atoms with E-state index in [1.165, 1.54) is 0 Å². The Bertz CT molecular complexity index is 600. The summed E-state index contributed by atoms with van der Waals surface area (Å²) >= 11 is 18.0. The first-order valence-corrected chi connectivity index (χ1v) is 6.39. The maximum absolute atomic E-state index is 12.4. The number of carbonyl (C=O) groups is 1. The van der Waals surface area contributed by atoms with Crippen LogP contribution in [0.2, 0.25) is 15.1 Å². The highest BCUT2D eigenvalue weighted by Crippen LogP contribution is 2.28. The van der Waals surface area contributed by atoms with E-state index in [0.29, 0.717) is 26.2 Å². The van der Waals surface area contributed by atoms with E-state index >= 15 is 0 Å². The van der Waals surface area contributed by atoms with Crippen molar-refractivity contribution < 1.29 is 4.79 Å². The van der Waals surface area contributed by atoms with Gasteiger partial charge in [0.25, 0.3) is 0 Å². The smallest absolute Gasteiger partial charge is 0.196 e. The monoisotopic (exact) mass is 298 g/mol. The molecule has 0 aliphatic heterocycles. The maximum atomic E-state index is 12.4. The first-order valence-electron chi connectivity index (χ1n) is 5.25. The van der Waals surface area contributed by atoms with Crippen molar-refractivity contribution in [3.8, 4) is 0 Å². The molecule has 0 saturated heterocycles. The highest BCUT2D eigenvalue weighted by Gasteiger charge is 2.18. The number of halogens is 3. The van der Waals surface area contributed by atoms with Gasteiger partial charge in [0.1, 0.15) is 0 Å². The van der Waals surface area contributed by atoms with E-state index in [4.69, 9.17) is 34.8 Å². The molecule has 0 radical (unpaired) electrons. The lowest BCUT2D eigenvalue weighted by molar-refractivity contribution is 0.103. The molecule has 2 aromatic carbocycles. The van der Waals surface area contributed by atoms with E-state index < -0.39 is 0 Å². The summed E-state index contributed by atoms with van der Waals surface area (Å²) in [4.78, 5) is 12.4. The van der Waals surface area contributed by atoms with Gasteiger partial charge in [-0.15, -0.1) is 0 Å². The lowest BCUT2D eigenvalue weighted by atomic mass is 9.99. The fourth-order valence-corrected chi connectivity index (χ4v) is 2.43. The second kappa shape index (κ2) is 5.31. The first-order chi connectivity index (χ1) is 8.50. The second-order valence-corrected chi connectivity index (χ2v) is 5.14. The quantitative estimate of drug-likeness (QED) is 0.698. The molecule has 0 amide bonds. The van der Waals surface area contributed by atoms with Crippen LogP contribution in [0.3, 0.4) is 0 Å². The molecule has 0 aromatic heterocycles. The third kappa shape index (κ3) is 2.54. The van der Waals surface area contributed by atoms with E-state index in [0.717, 1.165) is 5.56 Å². The molecule has 0 spiro atoms. The third-order valence-electron chi connectivity index (χ3n) is 2.63. The molecule has 4 heteroatoms. The number of ketones is 1. The zero-order valence-corrected chi connectivity index (χ0v) is 11.8. The number of aryl methyl sites for hydroxylation is 1. The molecule has 2 aromatic rings. The fourth-order valence-electron chi connectivity index (χ4n) is 1.69. The minimum absolute atomic E-state index is 0.217. The lowest BCUT2D eigenvalue weighted by Gasteiger charge is -2.08. The molecule has 0 aliphatic rings. The van der Waals surface area contributed by atoms with Crippen molar-refractivity contribution in [1.82, 2.24) is 0 Å². The summed E-state index contributed by atoms with van der Waals surface area (Å²) in [5.74, 6) is -0.217.